The number of allylic oxidation sites excluding steroid dienone is 2. The molecule has 5 heteroatoms. The van der Waals surface area contributed by atoms with E-state index in [1.807, 2.05) is 18.9 Å². The van der Waals surface area contributed by atoms with Crippen molar-refractivity contribution in [3.8, 4) is 0 Å². The summed E-state index contributed by atoms with van der Waals surface area (Å²) in [5, 5.41) is 0.496. The molecule has 1 heterocycles. The lowest BCUT2D eigenvalue weighted by atomic mass is 10.1. The molecule has 0 unspecified atom stereocenters. The molecule has 2 rings (SSSR count). The first-order valence-corrected chi connectivity index (χ1v) is 7.05. The normalized spacial score (nSPS) is 18.2. The fourth-order valence-electron chi connectivity index (χ4n) is 2.43. The van der Waals surface area contributed by atoms with Gasteiger partial charge >= 0.3 is 0 Å². The highest BCUT2D eigenvalue weighted by Crippen LogP contribution is 2.25. The zero-order valence-electron chi connectivity index (χ0n) is 12.2. The highest BCUT2D eigenvalue weighted by Gasteiger charge is 2.21. The van der Waals surface area contributed by atoms with E-state index < -0.39 is 0 Å². The molecule has 0 radical (unpaired) electrons. The van der Waals surface area contributed by atoms with Gasteiger partial charge in [0, 0.05) is 30.7 Å². The van der Waals surface area contributed by atoms with Crippen LogP contribution in [0.3, 0.4) is 0 Å². The van der Waals surface area contributed by atoms with E-state index in [4.69, 9.17) is 17.3 Å². The molecule has 0 aromatic heterocycles. The molecule has 0 bridgehead atoms. The van der Waals surface area contributed by atoms with Crippen LogP contribution in [0.5, 0.6) is 0 Å². The third-order valence-electron chi connectivity index (χ3n) is 3.51. The lowest BCUT2D eigenvalue weighted by molar-refractivity contribution is 0.440. The third-order valence-corrected chi connectivity index (χ3v) is 3.75. The van der Waals surface area contributed by atoms with E-state index in [1.54, 1.807) is 18.3 Å². The van der Waals surface area contributed by atoms with Gasteiger partial charge in [0.1, 0.15) is 11.6 Å². The van der Waals surface area contributed by atoms with Gasteiger partial charge in [0.15, 0.2) is 0 Å². The van der Waals surface area contributed by atoms with Crippen molar-refractivity contribution in [2.24, 2.45) is 5.73 Å². The van der Waals surface area contributed by atoms with Gasteiger partial charge in [0.05, 0.1) is 5.70 Å². The lowest BCUT2D eigenvalue weighted by Gasteiger charge is -2.20. The number of hydrogen-bond acceptors (Lipinski definition) is 3. The molecular formula is C16H19ClFN3. The molecule has 0 aliphatic carbocycles. The molecule has 0 saturated carbocycles. The van der Waals surface area contributed by atoms with E-state index in [1.165, 1.54) is 12.1 Å². The van der Waals surface area contributed by atoms with Gasteiger partial charge in [-0.1, -0.05) is 18.2 Å². The van der Waals surface area contributed by atoms with Crippen molar-refractivity contribution in [2.45, 2.75) is 6.92 Å². The Morgan fingerprint density at radius 3 is 2.81 bits per heavy atom. The largest absolute Gasteiger partial charge is 0.396 e. The summed E-state index contributed by atoms with van der Waals surface area (Å²) < 4.78 is 13.9. The molecule has 3 nitrogen and oxygen atoms in total. The van der Waals surface area contributed by atoms with Gasteiger partial charge in [0.25, 0.3) is 0 Å². The van der Waals surface area contributed by atoms with Crippen LogP contribution in [0.1, 0.15) is 12.5 Å². The summed E-state index contributed by atoms with van der Waals surface area (Å²) >= 11 is 5.93. The summed E-state index contributed by atoms with van der Waals surface area (Å²) in [6, 6.07) is 4.49. The molecule has 21 heavy (non-hydrogen) atoms. The summed E-state index contributed by atoms with van der Waals surface area (Å²) in [6.07, 6.45) is 3.51. The second-order valence-corrected chi connectivity index (χ2v) is 5.46. The minimum atomic E-state index is -0.314. The maximum absolute atomic E-state index is 13.9. The van der Waals surface area contributed by atoms with Crippen LogP contribution >= 0.6 is 11.6 Å². The number of rotatable bonds is 3. The lowest BCUT2D eigenvalue weighted by Crippen LogP contribution is -2.20. The minimum Gasteiger partial charge on any atom is -0.396 e. The van der Waals surface area contributed by atoms with Gasteiger partial charge < -0.3 is 15.5 Å². The molecule has 0 atom stereocenters. The first-order valence-electron chi connectivity index (χ1n) is 6.68. The number of hydrogen-bond donors (Lipinski definition) is 1. The molecule has 1 aliphatic heterocycles. The van der Waals surface area contributed by atoms with E-state index in [2.05, 4.69) is 11.5 Å². The monoisotopic (exact) mass is 307 g/mol. The fourth-order valence-corrected chi connectivity index (χ4v) is 2.60. The van der Waals surface area contributed by atoms with Crippen molar-refractivity contribution in [1.29, 1.82) is 0 Å². The highest BCUT2D eigenvalue weighted by molar-refractivity contribution is 6.30. The SMILES string of the molecule is C=CN1CCN(C)/C1=C(N)/C=C(\C)c1cc(Cl)ccc1F. The first-order chi connectivity index (χ1) is 9.93. The van der Waals surface area contributed by atoms with Crippen LogP contribution in [0, 0.1) is 5.82 Å². The van der Waals surface area contributed by atoms with E-state index in [-0.39, 0.29) is 5.82 Å². The molecule has 1 saturated heterocycles. The van der Waals surface area contributed by atoms with Gasteiger partial charge in [-0.2, -0.15) is 0 Å². The molecular weight excluding hydrogens is 289 g/mol. The van der Waals surface area contributed by atoms with E-state index >= 15 is 0 Å². The Labute approximate surface area is 129 Å². The number of halogens is 2. The van der Waals surface area contributed by atoms with Crippen molar-refractivity contribution in [3.05, 3.63) is 65.0 Å². The van der Waals surface area contributed by atoms with Crippen LogP contribution in [0.25, 0.3) is 5.57 Å². The van der Waals surface area contributed by atoms with Crippen LogP contribution < -0.4 is 5.73 Å². The summed E-state index contributed by atoms with van der Waals surface area (Å²) in [5.74, 6) is 0.568. The van der Waals surface area contributed by atoms with Crippen molar-refractivity contribution >= 4 is 17.2 Å². The molecule has 1 aromatic carbocycles. The van der Waals surface area contributed by atoms with Crippen LogP contribution in [0.15, 0.2) is 48.6 Å². The number of likely N-dealkylation sites (N-methyl/N-ethyl adjacent to an activating group) is 1. The van der Waals surface area contributed by atoms with E-state index in [0.717, 1.165) is 24.5 Å². The number of nitrogens with two attached hydrogens (primary N) is 1. The quantitative estimate of drug-likeness (QED) is 0.929. The van der Waals surface area contributed by atoms with Crippen molar-refractivity contribution in [2.75, 3.05) is 20.1 Å². The predicted molar refractivity (Wildman–Crippen MR) is 85.8 cm³/mol. The summed E-state index contributed by atoms with van der Waals surface area (Å²) in [5.41, 5.74) is 7.94. The van der Waals surface area contributed by atoms with Crippen LogP contribution in [0.2, 0.25) is 5.02 Å². The summed E-state index contributed by atoms with van der Waals surface area (Å²) in [6.45, 7) is 7.32. The third kappa shape index (κ3) is 3.22. The van der Waals surface area contributed by atoms with Crippen molar-refractivity contribution in [1.82, 2.24) is 9.80 Å². The van der Waals surface area contributed by atoms with Gasteiger partial charge in [-0.25, -0.2) is 4.39 Å². The molecule has 1 fully saturated rings. The molecule has 2 N–H and O–H groups in total. The van der Waals surface area contributed by atoms with Crippen molar-refractivity contribution in [3.63, 3.8) is 0 Å². The number of nitrogens with zero attached hydrogens (tertiary/aromatic N) is 2. The van der Waals surface area contributed by atoms with Crippen molar-refractivity contribution < 1.29 is 4.39 Å². The fraction of sp³-hybridized carbons (Fsp3) is 0.250. The smallest absolute Gasteiger partial charge is 0.131 e. The maximum Gasteiger partial charge on any atom is 0.131 e. The average Bonchev–Trinajstić information content (AvgIpc) is 2.82. The standard InChI is InChI=1S/C16H19ClFN3/c1-4-21-8-7-20(3)16(21)15(19)9-11(2)13-10-12(17)5-6-14(13)18/h4-6,9-10H,1,7-8,19H2,2-3H3/b11-9+,16-15+. The van der Waals surface area contributed by atoms with Gasteiger partial charge in [-0.15, -0.1) is 0 Å². The number of benzene rings is 1. The Hall–Kier alpha value is -1.94. The van der Waals surface area contributed by atoms with Gasteiger partial charge in [0.2, 0.25) is 0 Å². The van der Waals surface area contributed by atoms with Crippen LogP contribution in [-0.4, -0.2) is 29.9 Å². The maximum atomic E-state index is 13.9. The topological polar surface area (TPSA) is 32.5 Å². The second-order valence-electron chi connectivity index (χ2n) is 5.03. The Kier molecular flexibility index (Phi) is 4.58. The molecule has 0 spiro atoms. The van der Waals surface area contributed by atoms with Crippen LogP contribution in [-0.2, 0) is 0 Å². The Bertz CT molecular complexity index is 622. The Balaban J connectivity index is 2.42. The zero-order chi connectivity index (χ0) is 15.6. The predicted octanol–water partition coefficient (Wildman–Crippen LogP) is 3.40. The van der Waals surface area contributed by atoms with Gasteiger partial charge in [-0.3, -0.25) is 0 Å². The van der Waals surface area contributed by atoms with E-state index in [9.17, 15) is 4.39 Å². The molecule has 112 valence electrons. The Morgan fingerprint density at radius 2 is 2.14 bits per heavy atom. The Morgan fingerprint density at radius 1 is 1.43 bits per heavy atom. The minimum absolute atomic E-state index is 0.314. The summed E-state index contributed by atoms with van der Waals surface area (Å²) in [7, 11) is 1.97. The average molecular weight is 308 g/mol. The van der Waals surface area contributed by atoms with Crippen LogP contribution in [0.4, 0.5) is 4.39 Å². The highest BCUT2D eigenvalue weighted by atomic mass is 35.5. The van der Waals surface area contributed by atoms with Gasteiger partial charge in [-0.05, 0) is 43.0 Å². The first kappa shape index (κ1) is 15.4. The molecule has 0 amide bonds. The van der Waals surface area contributed by atoms with E-state index in [0.29, 0.717) is 16.3 Å². The summed E-state index contributed by atoms with van der Waals surface area (Å²) in [4.78, 5) is 4.03. The second kappa shape index (κ2) is 6.22. The zero-order valence-corrected chi connectivity index (χ0v) is 13.0. The molecule has 1 aromatic rings. The molecule has 1 aliphatic rings.